The molecule has 0 spiro atoms. The Morgan fingerprint density at radius 3 is 2.71 bits per heavy atom. The summed E-state index contributed by atoms with van der Waals surface area (Å²) in [4.78, 5) is 14.0. The van der Waals surface area contributed by atoms with E-state index in [1.54, 1.807) is 0 Å². The lowest BCUT2D eigenvalue weighted by molar-refractivity contribution is 0.0256. The Hall–Kier alpha value is -0.420. The van der Waals surface area contributed by atoms with Gasteiger partial charge in [-0.05, 0) is 59.3 Å². The van der Waals surface area contributed by atoms with Crippen LogP contribution in [-0.4, -0.2) is 53.8 Å². The van der Waals surface area contributed by atoms with Gasteiger partial charge in [0.05, 0.1) is 0 Å². The molecular weight excluding hydrogens is 284 g/mol. The van der Waals surface area contributed by atoms with Gasteiger partial charge in [-0.15, -0.1) is 0 Å². The van der Waals surface area contributed by atoms with Crippen molar-refractivity contribution in [1.82, 2.24) is 10.2 Å². The third-order valence-corrected chi connectivity index (χ3v) is 4.81. The smallest absolute Gasteiger partial charge is 0.410 e. The molecule has 0 aromatic rings. The summed E-state index contributed by atoms with van der Waals surface area (Å²) in [5.41, 5.74) is -0.408. The Labute approximate surface area is 134 Å². The maximum atomic E-state index is 12.1. The molecular formula is C16H32N2O2S. The van der Waals surface area contributed by atoms with Crippen molar-refractivity contribution < 1.29 is 9.53 Å². The summed E-state index contributed by atoms with van der Waals surface area (Å²) in [5.74, 6) is 0. The fourth-order valence-corrected chi connectivity index (χ4v) is 2.77. The zero-order valence-corrected chi connectivity index (χ0v) is 15.1. The third-order valence-electron chi connectivity index (χ3n) is 3.77. The summed E-state index contributed by atoms with van der Waals surface area (Å²) >= 11 is 1.92. The van der Waals surface area contributed by atoms with Gasteiger partial charge < -0.3 is 15.0 Å². The standard InChI is InChI=1S/C16H32N2O2S/c1-13(21-5)8-10-17-14-7-6-11-18(12-9-14)15(19)20-16(2,3)4/h13-14,17H,6-12H2,1-5H3. The highest BCUT2D eigenvalue weighted by Gasteiger charge is 2.24. The number of hydrogen-bond donors (Lipinski definition) is 1. The van der Waals surface area contributed by atoms with Crippen molar-refractivity contribution in [2.45, 2.75) is 70.3 Å². The van der Waals surface area contributed by atoms with Crippen LogP contribution in [0.1, 0.15) is 53.4 Å². The second kappa shape index (κ2) is 8.89. The van der Waals surface area contributed by atoms with E-state index in [2.05, 4.69) is 18.5 Å². The van der Waals surface area contributed by atoms with E-state index in [0.29, 0.717) is 11.3 Å². The van der Waals surface area contributed by atoms with Crippen LogP contribution in [0.3, 0.4) is 0 Å². The maximum absolute atomic E-state index is 12.1. The van der Waals surface area contributed by atoms with Crippen LogP contribution in [-0.2, 0) is 4.74 Å². The lowest BCUT2D eigenvalue weighted by Gasteiger charge is -2.26. The highest BCUT2D eigenvalue weighted by Crippen LogP contribution is 2.16. The molecule has 0 aromatic heterocycles. The second-order valence-electron chi connectivity index (χ2n) is 6.88. The van der Waals surface area contributed by atoms with Gasteiger partial charge in [0, 0.05) is 24.4 Å². The van der Waals surface area contributed by atoms with Crippen LogP contribution in [0.2, 0.25) is 0 Å². The highest BCUT2D eigenvalue weighted by molar-refractivity contribution is 7.99. The number of likely N-dealkylation sites (tertiary alicyclic amines) is 1. The van der Waals surface area contributed by atoms with Gasteiger partial charge in [0.25, 0.3) is 0 Å². The lowest BCUT2D eigenvalue weighted by atomic mass is 10.1. The molecule has 5 heteroatoms. The molecule has 1 N–H and O–H groups in total. The molecule has 0 saturated carbocycles. The number of carbonyl (C=O) groups is 1. The molecule has 1 aliphatic rings. The minimum atomic E-state index is -0.408. The Balaban J connectivity index is 2.31. The Morgan fingerprint density at radius 1 is 1.38 bits per heavy atom. The van der Waals surface area contributed by atoms with E-state index >= 15 is 0 Å². The van der Waals surface area contributed by atoms with Gasteiger partial charge >= 0.3 is 6.09 Å². The van der Waals surface area contributed by atoms with Gasteiger partial charge in [-0.1, -0.05) is 6.92 Å². The average Bonchev–Trinajstić information content (AvgIpc) is 2.62. The van der Waals surface area contributed by atoms with E-state index < -0.39 is 5.60 Å². The van der Waals surface area contributed by atoms with E-state index in [0.717, 1.165) is 38.9 Å². The van der Waals surface area contributed by atoms with Crippen LogP contribution in [0, 0.1) is 0 Å². The monoisotopic (exact) mass is 316 g/mol. The molecule has 1 amide bonds. The van der Waals surface area contributed by atoms with E-state index in [1.165, 1.54) is 6.42 Å². The van der Waals surface area contributed by atoms with Crippen molar-refractivity contribution in [2.75, 3.05) is 25.9 Å². The van der Waals surface area contributed by atoms with Crippen molar-refractivity contribution in [1.29, 1.82) is 0 Å². The molecule has 21 heavy (non-hydrogen) atoms. The summed E-state index contributed by atoms with van der Waals surface area (Å²) in [6.45, 7) is 10.7. The quantitative estimate of drug-likeness (QED) is 0.843. The Bertz CT molecular complexity index is 318. The fourth-order valence-electron chi connectivity index (χ4n) is 2.42. The number of nitrogens with one attached hydrogen (secondary N) is 1. The largest absolute Gasteiger partial charge is 0.444 e. The molecule has 0 bridgehead atoms. The number of amides is 1. The summed E-state index contributed by atoms with van der Waals surface area (Å²) in [6, 6.07) is 0.534. The first-order valence-electron chi connectivity index (χ1n) is 8.06. The van der Waals surface area contributed by atoms with Gasteiger partial charge in [0.1, 0.15) is 5.60 Å². The first kappa shape index (κ1) is 18.6. The zero-order chi connectivity index (χ0) is 15.9. The molecule has 1 saturated heterocycles. The Kier molecular flexibility index (Phi) is 7.88. The van der Waals surface area contributed by atoms with E-state index in [1.807, 2.05) is 37.4 Å². The van der Waals surface area contributed by atoms with Gasteiger partial charge in [-0.25, -0.2) is 4.79 Å². The maximum Gasteiger partial charge on any atom is 0.410 e. The topological polar surface area (TPSA) is 41.6 Å². The fraction of sp³-hybridized carbons (Fsp3) is 0.938. The van der Waals surface area contributed by atoms with Crippen molar-refractivity contribution in [3.05, 3.63) is 0 Å². The second-order valence-corrected chi connectivity index (χ2v) is 8.16. The van der Waals surface area contributed by atoms with Crippen molar-refractivity contribution in [3.63, 3.8) is 0 Å². The van der Waals surface area contributed by atoms with Crippen molar-refractivity contribution in [3.8, 4) is 0 Å². The van der Waals surface area contributed by atoms with Crippen LogP contribution in [0.5, 0.6) is 0 Å². The van der Waals surface area contributed by atoms with Gasteiger partial charge in [0.2, 0.25) is 0 Å². The van der Waals surface area contributed by atoms with E-state index in [9.17, 15) is 4.79 Å². The van der Waals surface area contributed by atoms with E-state index in [4.69, 9.17) is 4.74 Å². The molecule has 2 atom stereocenters. The number of thioether (sulfide) groups is 1. The predicted octanol–water partition coefficient (Wildman–Crippen LogP) is 3.51. The van der Waals surface area contributed by atoms with E-state index in [-0.39, 0.29) is 6.09 Å². The molecule has 1 heterocycles. The normalized spacial score (nSPS) is 21.8. The first-order chi connectivity index (χ1) is 9.81. The van der Waals surface area contributed by atoms with Crippen LogP contribution < -0.4 is 5.32 Å². The minimum Gasteiger partial charge on any atom is -0.444 e. The van der Waals surface area contributed by atoms with Gasteiger partial charge in [-0.2, -0.15) is 11.8 Å². The number of rotatable bonds is 5. The summed E-state index contributed by atoms with van der Waals surface area (Å²) in [6.07, 6.45) is 6.41. The number of carbonyl (C=O) groups excluding carboxylic acids is 1. The van der Waals surface area contributed by atoms with Crippen LogP contribution in [0.15, 0.2) is 0 Å². The molecule has 124 valence electrons. The molecule has 1 fully saturated rings. The molecule has 4 nitrogen and oxygen atoms in total. The number of ether oxygens (including phenoxy) is 1. The molecule has 1 aliphatic heterocycles. The third kappa shape index (κ3) is 7.96. The molecule has 2 unspecified atom stereocenters. The summed E-state index contributed by atoms with van der Waals surface area (Å²) in [5, 5.41) is 4.35. The molecule has 1 rings (SSSR count). The molecule has 0 aliphatic carbocycles. The highest BCUT2D eigenvalue weighted by atomic mass is 32.2. The zero-order valence-electron chi connectivity index (χ0n) is 14.3. The minimum absolute atomic E-state index is 0.167. The number of hydrogen-bond acceptors (Lipinski definition) is 4. The van der Waals surface area contributed by atoms with Crippen molar-refractivity contribution in [2.24, 2.45) is 0 Å². The average molecular weight is 317 g/mol. The number of nitrogens with zero attached hydrogens (tertiary/aromatic N) is 1. The Morgan fingerprint density at radius 2 is 2.10 bits per heavy atom. The van der Waals surface area contributed by atoms with Crippen molar-refractivity contribution >= 4 is 17.9 Å². The van der Waals surface area contributed by atoms with Crippen LogP contribution >= 0.6 is 11.8 Å². The van der Waals surface area contributed by atoms with Gasteiger partial charge in [0.15, 0.2) is 0 Å². The van der Waals surface area contributed by atoms with Gasteiger partial charge in [-0.3, -0.25) is 0 Å². The summed E-state index contributed by atoms with van der Waals surface area (Å²) < 4.78 is 5.46. The van der Waals surface area contributed by atoms with Crippen LogP contribution in [0.4, 0.5) is 4.79 Å². The molecule has 0 aromatic carbocycles. The van der Waals surface area contributed by atoms with Crippen LogP contribution in [0.25, 0.3) is 0 Å². The lowest BCUT2D eigenvalue weighted by Crippen LogP contribution is -2.38. The summed E-state index contributed by atoms with van der Waals surface area (Å²) in [7, 11) is 0. The predicted molar refractivity (Wildman–Crippen MR) is 91.0 cm³/mol. The molecule has 0 radical (unpaired) electrons. The SMILES string of the molecule is CSC(C)CCNC1CCCN(C(=O)OC(C)(C)C)CC1. The first-order valence-corrected chi connectivity index (χ1v) is 9.34.